The Morgan fingerprint density at radius 1 is 0.609 bits per heavy atom. The molecule has 0 spiro atoms. The monoisotopic (exact) mass is 872 g/mol. The van der Waals surface area contributed by atoms with Crippen LogP contribution < -0.4 is 10.6 Å². The smallest absolute Gasteiger partial charge is 0.318 e. The fourth-order valence-corrected chi connectivity index (χ4v) is 9.23. The van der Waals surface area contributed by atoms with Gasteiger partial charge >= 0.3 is 12.1 Å². The van der Waals surface area contributed by atoms with Gasteiger partial charge in [0.25, 0.3) is 0 Å². The van der Waals surface area contributed by atoms with Crippen molar-refractivity contribution in [2.24, 2.45) is 11.8 Å². The number of H-pyrrole nitrogens is 2. The van der Waals surface area contributed by atoms with E-state index in [1.807, 2.05) is 86.0 Å². The molecule has 0 radical (unpaired) electrons. The van der Waals surface area contributed by atoms with Crippen molar-refractivity contribution in [3.8, 4) is 34.4 Å². The predicted octanol–water partition coefficient (Wildman–Crippen LogP) is 4.80. The number of carbonyl (C=O) groups is 4. The first-order chi connectivity index (χ1) is 30.8. The van der Waals surface area contributed by atoms with Crippen molar-refractivity contribution in [1.82, 2.24) is 50.2 Å². The maximum absolute atomic E-state index is 13.9. The number of rotatable bonds is 10. The largest absolute Gasteiger partial charge is 0.391 e. The highest BCUT2D eigenvalue weighted by Gasteiger charge is 2.40. The highest BCUT2D eigenvalue weighted by molar-refractivity contribution is 5.89. The lowest BCUT2D eigenvalue weighted by Gasteiger charge is -2.31. The number of hydrogen-bond acceptors (Lipinski definition) is 8. The molecular formula is C48H60N10O6. The average molecular weight is 873 g/mol. The Bertz CT molecular complexity index is 2200. The van der Waals surface area contributed by atoms with E-state index in [-0.39, 0.29) is 60.9 Å². The Morgan fingerprint density at radius 2 is 1.00 bits per heavy atom. The van der Waals surface area contributed by atoms with Gasteiger partial charge in [-0.2, -0.15) is 0 Å². The molecule has 2 aromatic carbocycles. The van der Waals surface area contributed by atoms with Gasteiger partial charge in [0.2, 0.25) is 11.8 Å². The number of aliphatic hydroxyl groups excluding tert-OH is 2. The molecule has 4 aromatic rings. The number of carbonyl (C=O) groups excluding carboxylic acids is 4. The summed E-state index contributed by atoms with van der Waals surface area (Å²) in [5, 5.41) is 25.7. The van der Waals surface area contributed by atoms with Crippen molar-refractivity contribution in [1.29, 1.82) is 0 Å². The molecule has 6 atom stereocenters. The van der Waals surface area contributed by atoms with Crippen LogP contribution in [0, 0.1) is 23.7 Å². The zero-order chi connectivity index (χ0) is 45.1. The van der Waals surface area contributed by atoms with Crippen molar-refractivity contribution >= 4 is 23.9 Å². The molecule has 6 heterocycles. The van der Waals surface area contributed by atoms with Crippen LogP contribution in [0.3, 0.4) is 0 Å². The first kappa shape index (κ1) is 44.4. The number of aromatic amines is 2. The first-order valence-electron chi connectivity index (χ1n) is 22.7. The highest BCUT2D eigenvalue weighted by Crippen LogP contribution is 2.34. The Balaban J connectivity index is 0.867. The third kappa shape index (κ3) is 9.80. The van der Waals surface area contributed by atoms with E-state index in [4.69, 9.17) is 9.97 Å². The van der Waals surface area contributed by atoms with Gasteiger partial charge in [0.1, 0.15) is 23.7 Å². The molecule has 4 aliphatic heterocycles. The van der Waals surface area contributed by atoms with Gasteiger partial charge in [0.15, 0.2) is 0 Å². The minimum absolute atomic E-state index is 0.116. The van der Waals surface area contributed by atoms with Crippen LogP contribution in [-0.4, -0.2) is 137 Å². The van der Waals surface area contributed by atoms with E-state index in [2.05, 4.69) is 32.4 Å². The summed E-state index contributed by atoms with van der Waals surface area (Å²) >= 11 is 0. The van der Waals surface area contributed by atoms with Crippen molar-refractivity contribution in [2.75, 3.05) is 39.3 Å². The molecule has 2 aromatic heterocycles. The minimum atomic E-state index is -0.685. The van der Waals surface area contributed by atoms with E-state index in [0.717, 1.165) is 59.3 Å². The van der Waals surface area contributed by atoms with Gasteiger partial charge in [0, 0.05) is 50.4 Å². The number of β-amino-alcohol motifs (C(OH)–C–C–N with tert-alkyl or cyclic N) is 2. The van der Waals surface area contributed by atoms with E-state index >= 15 is 0 Å². The molecule has 0 unspecified atom stereocenters. The number of amides is 6. The maximum atomic E-state index is 13.9. The number of benzene rings is 2. The summed E-state index contributed by atoms with van der Waals surface area (Å²) in [4.78, 5) is 76.7. The van der Waals surface area contributed by atoms with Crippen molar-refractivity contribution in [3.05, 3.63) is 83.7 Å². The average Bonchev–Trinajstić information content (AvgIpc) is 4.15. The van der Waals surface area contributed by atoms with E-state index in [1.165, 1.54) is 0 Å². The van der Waals surface area contributed by atoms with Crippen LogP contribution in [0.2, 0.25) is 0 Å². The van der Waals surface area contributed by atoms with E-state index in [1.54, 1.807) is 22.2 Å². The van der Waals surface area contributed by atoms with Gasteiger partial charge in [-0.05, 0) is 85.8 Å². The molecule has 16 nitrogen and oxygen atoms in total. The maximum Gasteiger partial charge on any atom is 0.318 e. The minimum Gasteiger partial charge on any atom is -0.391 e. The molecule has 0 bridgehead atoms. The number of nitrogens with one attached hydrogen (secondary N) is 4. The van der Waals surface area contributed by atoms with Crippen molar-refractivity contribution in [3.63, 3.8) is 0 Å². The standard InChI is InChI=1S/C48H60N10O6/c1-29(2)41(53-47(63)55-23-19-35(59)27-55)45(61)57-21-5-7-39(57)43-49-25-37(51-43)33-15-11-31(12-16-33)9-10-32-13-17-34(18-14-32)38-26-50-44(52-38)40-8-6-22-58(40)46(62)42(30(3)4)54-48(64)56-24-20-36(60)28-56/h11-18,25-26,29-30,35-36,39-42,59-60H,5-8,19-24,27-28H2,1-4H3,(H,49,51)(H,50,52)(H,53,63)(H,54,64)/t35-,36-,39+,40+,41+,42+/m1/s1. The highest BCUT2D eigenvalue weighted by atomic mass is 16.3. The fourth-order valence-electron chi connectivity index (χ4n) is 9.23. The van der Waals surface area contributed by atoms with Gasteiger partial charge in [-0.3, -0.25) is 9.59 Å². The van der Waals surface area contributed by atoms with Crippen molar-refractivity contribution in [2.45, 2.75) is 103 Å². The Kier molecular flexibility index (Phi) is 13.4. The molecule has 338 valence electrons. The summed E-state index contributed by atoms with van der Waals surface area (Å²) in [5.74, 6) is 7.46. The van der Waals surface area contributed by atoms with Crippen LogP contribution in [0.5, 0.6) is 0 Å². The summed E-state index contributed by atoms with van der Waals surface area (Å²) in [7, 11) is 0. The SMILES string of the molecule is CC(C)[C@H](NC(=O)N1CC[C@@H](O)C1)C(=O)N1CCC[C@H]1c1ncc(-c2ccc(C#Cc3ccc(-c4cnc([C@@H]5CCCN5C(=O)[C@@H](NC(=O)N5CC[C@@H](O)C5)C(C)C)[nH]4)cc3)cc2)[nH]1. The summed E-state index contributed by atoms with van der Waals surface area (Å²) in [5.41, 5.74) is 5.27. The van der Waals surface area contributed by atoms with Crippen LogP contribution in [0.1, 0.15) is 101 Å². The molecule has 4 saturated heterocycles. The Morgan fingerprint density at radius 3 is 1.34 bits per heavy atom. The number of nitrogens with zero attached hydrogens (tertiary/aromatic N) is 6. The summed E-state index contributed by atoms with van der Waals surface area (Å²) in [6, 6.07) is 13.4. The first-order valence-corrected chi connectivity index (χ1v) is 22.7. The van der Waals surface area contributed by atoms with Crippen LogP contribution >= 0.6 is 0 Å². The van der Waals surface area contributed by atoms with Crippen molar-refractivity contribution < 1.29 is 29.4 Å². The molecule has 16 heteroatoms. The van der Waals surface area contributed by atoms with E-state index < -0.39 is 24.3 Å². The molecule has 0 aliphatic carbocycles. The lowest BCUT2D eigenvalue weighted by atomic mass is 10.0. The fraction of sp³-hybridized carbons (Fsp3) is 0.500. The molecule has 0 saturated carbocycles. The quantitative estimate of drug-likeness (QED) is 0.122. The lowest BCUT2D eigenvalue weighted by Crippen LogP contribution is -2.54. The second-order valence-electron chi connectivity index (χ2n) is 18.3. The molecule has 4 aliphatic rings. The van der Waals surface area contributed by atoms with Gasteiger partial charge in [-0.25, -0.2) is 19.6 Å². The van der Waals surface area contributed by atoms with Gasteiger partial charge < -0.3 is 50.4 Å². The number of hydrogen-bond donors (Lipinski definition) is 6. The second kappa shape index (κ2) is 19.3. The number of aliphatic hydroxyl groups is 2. The Hall–Kier alpha value is -6.18. The third-order valence-corrected chi connectivity index (χ3v) is 13.0. The summed E-state index contributed by atoms with van der Waals surface area (Å²) in [6.07, 6.45) is 6.81. The molecule has 8 rings (SSSR count). The lowest BCUT2D eigenvalue weighted by molar-refractivity contribution is -0.136. The number of likely N-dealkylation sites (tertiary alicyclic amines) is 4. The zero-order valence-electron chi connectivity index (χ0n) is 37.1. The summed E-state index contributed by atoms with van der Waals surface area (Å²) in [6.45, 7) is 10.4. The number of urea groups is 2. The Labute approximate surface area is 374 Å². The van der Waals surface area contributed by atoms with Crippen LogP contribution in [-0.2, 0) is 9.59 Å². The van der Waals surface area contributed by atoms with Gasteiger partial charge in [0.05, 0.1) is 48.1 Å². The zero-order valence-corrected chi connectivity index (χ0v) is 37.1. The molecule has 4 fully saturated rings. The molecule has 6 amide bonds. The number of imidazole rings is 2. The molecule has 64 heavy (non-hydrogen) atoms. The topological polar surface area (TPSA) is 203 Å². The van der Waals surface area contributed by atoms with Gasteiger partial charge in [-0.1, -0.05) is 63.8 Å². The van der Waals surface area contributed by atoms with Crippen LogP contribution in [0.15, 0.2) is 60.9 Å². The number of aromatic nitrogens is 4. The second-order valence-corrected chi connectivity index (χ2v) is 18.3. The van der Waals surface area contributed by atoms with Crippen LogP contribution in [0.4, 0.5) is 9.59 Å². The van der Waals surface area contributed by atoms with E-state index in [0.29, 0.717) is 50.7 Å². The molecular weight excluding hydrogens is 813 g/mol. The normalized spacial score (nSPS) is 21.9. The molecule has 6 N–H and O–H groups in total. The third-order valence-electron chi connectivity index (χ3n) is 13.0. The summed E-state index contributed by atoms with van der Waals surface area (Å²) < 4.78 is 0. The van der Waals surface area contributed by atoms with E-state index in [9.17, 15) is 29.4 Å². The predicted molar refractivity (Wildman–Crippen MR) is 240 cm³/mol. The van der Waals surface area contributed by atoms with Gasteiger partial charge in [-0.15, -0.1) is 0 Å². The van der Waals surface area contributed by atoms with Crippen LogP contribution in [0.25, 0.3) is 22.5 Å².